The standard InChI is InChI=1S/C13H12N2O5/c14-10(16)6-5-9(13(19)20)15-11(17)7-3-1-2-4-8(7)12(15)18/h1-4,9H,5-6H2,(H2,14,16)(H,19,20)/i14-1. The van der Waals surface area contributed by atoms with Crippen molar-refractivity contribution in [2.24, 2.45) is 5.73 Å². The van der Waals surface area contributed by atoms with Gasteiger partial charge in [-0.05, 0) is 18.6 Å². The van der Waals surface area contributed by atoms with E-state index in [0.29, 0.717) is 4.90 Å². The monoisotopic (exact) mass is 275 g/mol. The molecule has 1 aromatic rings. The maximum atomic E-state index is 12.1. The number of hydrogen-bond donors (Lipinski definition) is 2. The first-order chi connectivity index (χ1) is 9.43. The van der Waals surface area contributed by atoms with Gasteiger partial charge < -0.3 is 10.8 Å². The van der Waals surface area contributed by atoms with Crippen LogP contribution in [-0.2, 0) is 9.59 Å². The van der Waals surface area contributed by atoms with E-state index in [9.17, 15) is 19.2 Å². The van der Waals surface area contributed by atoms with Gasteiger partial charge in [0.25, 0.3) is 11.8 Å². The molecule has 1 atom stereocenters. The molecule has 0 spiro atoms. The minimum Gasteiger partial charge on any atom is -0.480 e. The lowest BCUT2D eigenvalue weighted by Crippen LogP contribution is -2.45. The number of amides is 3. The average Bonchev–Trinajstić information content (AvgIpc) is 2.64. The number of nitrogens with two attached hydrogens (primary N) is 1. The third-order valence-corrected chi connectivity index (χ3v) is 3.09. The van der Waals surface area contributed by atoms with E-state index >= 15 is 0 Å². The quantitative estimate of drug-likeness (QED) is 0.733. The first kappa shape index (κ1) is 13.7. The van der Waals surface area contributed by atoms with Gasteiger partial charge >= 0.3 is 5.97 Å². The average molecular weight is 275 g/mol. The van der Waals surface area contributed by atoms with Gasteiger partial charge in [-0.3, -0.25) is 19.3 Å². The highest BCUT2D eigenvalue weighted by molar-refractivity contribution is 6.22. The summed E-state index contributed by atoms with van der Waals surface area (Å²) < 4.78 is 0. The summed E-state index contributed by atoms with van der Waals surface area (Å²) in [4.78, 5) is 46.9. The molecule has 7 nitrogen and oxygen atoms in total. The van der Waals surface area contributed by atoms with Crippen molar-refractivity contribution in [2.75, 3.05) is 0 Å². The molecular formula is C13H12N2O5. The maximum Gasteiger partial charge on any atom is 0.326 e. The summed E-state index contributed by atoms with van der Waals surface area (Å²) >= 11 is 0. The van der Waals surface area contributed by atoms with Crippen LogP contribution >= 0.6 is 0 Å². The van der Waals surface area contributed by atoms with Gasteiger partial charge in [-0.1, -0.05) is 12.1 Å². The van der Waals surface area contributed by atoms with Crippen LogP contribution in [0.15, 0.2) is 24.3 Å². The maximum absolute atomic E-state index is 12.1. The summed E-state index contributed by atoms with van der Waals surface area (Å²) in [5.74, 6) is -3.36. The number of carboxylic acid groups (broad SMARTS) is 1. The lowest BCUT2D eigenvalue weighted by Gasteiger charge is -2.21. The summed E-state index contributed by atoms with van der Waals surface area (Å²) in [6.07, 6.45) is -0.416. The molecule has 1 unspecified atom stereocenters. The number of carbonyl (C=O) groups excluding carboxylic acids is 3. The van der Waals surface area contributed by atoms with Crippen molar-refractivity contribution >= 4 is 23.7 Å². The van der Waals surface area contributed by atoms with Gasteiger partial charge in [-0.25, -0.2) is 4.79 Å². The van der Waals surface area contributed by atoms with Crippen LogP contribution in [0.25, 0.3) is 0 Å². The Morgan fingerprint density at radius 2 is 1.65 bits per heavy atom. The number of carbonyl (C=O) groups is 4. The molecule has 1 heterocycles. The molecule has 104 valence electrons. The normalized spacial score (nSPS) is 15.1. The van der Waals surface area contributed by atoms with E-state index in [-0.39, 0.29) is 24.0 Å². The number of benzene rings is 1. The van der Waals surface area contributed by atoms with Crippen LogP contribution < -0.4 is 5.73 Å². The van der Waals surface area contributed by atoms with E-state index in [1.807, 2.05) is 0 Å². The molecule has 1 aliphatic rings. The van der Waals surface area contributed by atoms with Crippen LogP contribution in [0, 0.1) is 0 Å². The van der Waals surface area contributed by atoms with Gasteiger partial charge in [-0.2, -0.15) is 0 Å². The Morgan fingerprint density at radius 3 is 2.05 bits per heavy atom. The molecule has 2 rings (SSSR count). The molecule has 1 aliphatic heterocycles. The molecule has 7 heteroatoms. The smallest absolute Gasteiger partial charge is 0.326 e. The molecule has 0 fully saturated rings. The Kier molecular flexibility index (Phi) is 3.51. The predicted molar refractivity (Wildman–Crippen MR) is 66.8 cm³/mol. The second-order valence-electron chi connectivity index (χ2n) is 4.38. The number of primary amides is 1. The minimum atomic E-state index is -1.39. The number of hydrogen-bond acceptors (Lipinski definition) is 4. The predicted octanol–water partition coefficient (Wildman–Crippen LogP) is 0.00130. The van der Waals surface area contributed by atoms with Gasteiger partial charge in [0, 0.05) is 6.42 Å². The number of carboxylic acids is 1. The fourth-order valence-corrected chi connectivity index (χ4v) is 2.13. The van der Waals surface area contributed by atoms with Crippen molar-refractivity contribution in [3.05, 3.63) is 35.4 Å². The zero-order valence-corrected chi connectivity index (χ0v) is 10.4. The molecule has 0 aromatic heterocycles. The zero-order valence-electron chi connectivity index (χ0n) is 10.4. The van der Waals surface area contributed by atoms with Crippen molar-refractivity contribution < 1.29 is 24.3 Å². The van der Waals surface area contributed by atoms with Crippen LogP contribution in [0.5, 0.6) is 0 Å². The number of aliphatic carboxylic acids is 1. The summed E-state index contributed by atoms with van der Waals surface area (Å²) in [5.41, 5.74) is 5.31. The highest BCUT2D eigenvalue weighted by atomic mass is 16.4. The van der Waals surface area contributed by atoms with Crippen molar-refractivity contribution in [1.29, 1.82) is 0 Å². The van der Waals surface area contributed by atoms with E-state index in [1.54, 1.807) is 12.1 Å². The van der Waals surface area contributed by atoms with Gasteiger partial charge in [0.1, 0.15) is 6.04 Å². The van der Waals surface area contributed by atoms with Crippen molar-refractivity contribution in [2.45, 2.75) is 18.9 Å². The second-order valence-corrected chi connectivity index (χ2v) is 4.38. The molecule has 0 saturated heterocycles. The van der Waals surface area contributed by atoms with Crippen LogP contribution in [0.4, 0.5) is 0 Å². The molecule has 1 aromatic carbocycles. The zero-order chi connectivity index (χ0) is 14.9. The largest absolute Gasteiger partial charge is 0.480 e. The van der Waals surface area contributed by atoms with E-state index in [0.717, 1.165) is 0 Å². The SMILES string of the molecule is [13NH2]C(=O)CCC(C(=O)O)N1C(=O)c2ccccc2C1=O. The summed E-state index contributed by atoms with van der Waals surface area (Å²) in [6, 6.07) is 4.71. The Hall–Kier alpha value is -2.70. The lowest BCUT2D eigenvalue weighted by molar-refractivity contribution is -0.141. The van der Waals surface area contributed by atoms with Crippen LogP contribution in [-0.4, -0.2) is 39.7 Å². The second kappa shape index (κ2) is 5.12. The first-order valence-electron chi connectivity index (χ1n) is 5.91. The van der Waals surface area contributed by atoms with Gasteiger partial charge in [0.15, 0.2) is 0 Å². The third-order valence-electron chi connectivity index (χ3n) is 3.09. The fraction of sp³-hybridized carbons (Fsp3) is 0.231. The molecule has 0 radical (unpaired) electrons. The van der Waals surface area contributed by atoms with E-state index in [4.69, 9.17) is 10.8 Å². The molecule has 20 heavy (non-hydrogen) atoms. The molecular weight excluding hydrogens is 263 g/mol. The van der Waals surface area contributed by atoms with Crippen LogP contribution in [0.1, 0.15) is 33.6 Å². The minimum absolute atomic E-state index is 0.169. The number of imide groups is 1. The van der Waals surface area contributed by atoms with E-state index < -0.39 is 29.7 Å². The Morgan fingerprint density at radius 1 is 1.15 bits per heavy atom. The summed E-state index contributed by atoms with van der Waals surface area (Å²) in [6.45, 7) is 0. The topological polar surface area (TPSA) is 118 Å². The first-order valence-corrected chi connectivity index (χ1v) is 5.91. The Labute approximate surface area is 114 Å². The van der Waals surface area contributed by atoms with Crippen molar-refractivity contribution in [1.82, 2.24) is 4.90 Å². The molecule has 0 bridgehead atoms. The van der Waals surface area contributed by atoms with Crippen LogP contribution in [0.2, 0.25) is 0 Å². The van der Waals surface area contributed by atoms with E-state index in [1.165, 1.54) is 12.1 Å². The lowest BCUT2D eigenvalue weighted by atomic mass is 10.1. The Balaban J connectivity index is 2.32. The van der Waals surface area contributed by atoms with E-state index in [2.05, 4.69) is 0 Å². The van der Waals surface area contributed by atoms with Crippen LogP contribution in [0.3, 0.4) is 0 Å². The highest BCUT2D eigenvalue weighted by Gasteiger charge is 2.42. The number of fused-ring (bicyclic) bond motifs is 1. The van der Waals surface area contributed by atoms with Gasteiger partial charge in [0.2, 0.25) is 5.91 Å². The van der Waals surface area contributed by atoms with Gasteiger partial charge in [0.05, 0.1) is 11.1 Å². The summed E-state index contributed by atoms with van der Waals surface area (Å²) in [7, 11) is 0. The molecule has 3 amide bonds. The van der Waals surface area contributed by atoms with Gasteiger partial charge in [-0.15, -0.1) is 0 Å². The number of nitrogens with zero attached hydrogens (tertiary/aromatic N) is 1. The third kappa shape index (κ3) is 2.25. The molecule has 3 N–H and O–H groups in total. The van der Waals surface area contributed by atoms with Crippen molar-refractivity contribution in [3.8, 4) is 0 Å². The number of rotatable bonds is 5. The molecule has 0 aliphatic carbocycles. The highest BCUT2D eigenvalue weighted by Crippen LogP contribution is 2.26. The molecule has 0 saturated carbocycles. The fourth-order valence-electron chi connectivity index (χ4n) is 2.13. The van der Waals surface area contributed by atoms with Crippen molar-refractivity contribution in [3.63, 3.8) is 0 Å². The Bertz CT molecular complexity index is 576. The summed E-state index contributed by atoms with van der Waals surface area (Å²) in [5, 5.41) is 9.16.